The Kier molecular flexibility index (Phi) is 6.34. The van der Waals surface area contributed by atoms with E-state index in [0.717, 1.165) is 4.90 Å². The average molecular weight is 355 g/mol. The molecule has 0 atom stereocenters. The van der Waals surface area contributed by atoms with Crippen LogP contribution in [-0.2, 0) is 6.18 Å². The number of hydrogen-bond donors (Lipinski definition) is 0. The molecule has 1 aromatic carbocycles. The van der Waals surface area contributed by atoms with E-state index in [1.165, 1.54) is 0 Å². The number of halogens is 3. The second kappa shape index (κ2) is 8.02. The first-order valence-corrected chi connectivity index (χ1v) is 6.79. The molecule has 0 aliphatic carbocycles. The second-order valence-corrected chi connectivity index (χ2v) is 4.77. The first kappa shape index (κ1) is 19.8. The number of benzene rings is 1. The fraction of sp³-hybridized carbons (Fsp3) is 0.333. The van der Waals surface area contributed by atoms with Crippen molar-refractivity contribution in [2.75, 3.05) is 18.0 Å². The van der Waals surface area contributed by atoms with Gasteiger partial charge in [-0.1, -0.05) is 0 Å². The molecule has 0 aromatic heterocycles. The molecule has 0 bridgehead atoms. The highest BCUT2D eigenvalue weighted by atomic mass is 19.4. The number of nitro groups is 2. The summed E-state index contributed by atoms with van der Waals surface area (Å²) in [5.74, 6) is 4.53. The molecule has 0 saturated heterocycles. The molecular weight excluding hydrogens is 343 g/mol. The lowest BCUT2D eigenvalue weighted by molar-refractivity contribution is -0.393. The van der Waals surface area contributed by atoms with Crippen LogP contribution in [0.25, 0.3) is 0 Å². The molecule has 0 fully saturated rings. The number of nitro benzene ring substituents is 2. The van der Waals surface area contributed by atoms with Crippen LogP contribution in [0.2, 0.25) is 0 Å². The van der Waals surface area contributed by atoms with Gasteiger partial charge < -0.3 is 4.90 Å². The Morgan fingerprint density at radius 3 is 1.68 bits per heavy atom. The van der Waals surface area contributed by atoms with Crippen molar-refractivity contribution in [1.29, 1.82) is 0 Å². The molecule has 10 heteroatoms. The monoisotopic (exact) mass is 355 g/mol. The maximum absolute atomic E-state index is 12.9. The normalized spacial score (nSPS) is 10.6. The highest BCUT2D eigenvalue weighted by molar-refractivity contribution is 5.76. The van der Waals surface area contributed by atoms with E-state index >= 15 is 0 Å². The number of hydrogen-bond acceptors (Lipinski definition) is 5. The van der Waals surface area contributed by atoms with Crippen LogP contribution in [0.4, 0.5) is 30.2 Å². The van der Waals surface area contributed by atoms with Gasteiger partial charge in [-0.2, -0.15) is 13.2 Å². The minimum Gasteiger partial charge on any atom is -0.358 e. The Hall–Kier alpha value is -3.27. The zero-order valence-electron chi connectivity index (χ0n) is 12.7. The Morgan fingerprint density at radius 1 is 1.00 bits per heavy atom. The van der Waals surface area contributed by atoms with Gasteiger partial charge in [0.05, 0.1) is 15.4 Å². The Labute approximate surface area is 140 Å². The second-order valence-electron chi connectivity index (χ2n) is 4.77. The molecule has 25 heavy (non-hydrogen) atoms. The van der Waals surface area contributed by atoms with E-state index in [2.05, 4.69) is 11.8 Å². The summed E-state index contributed by atoms with van der Waals surface area (Å²) >= 11 is 0. The summed E-state index contributed by atoms with van der Waals surface area (Å²) in [7, 11) is 0. The van der Waals surface area contributed by atoms with Gasteiger partial charge >= 0.3 is 6.18 Å². The highest BCUT2D eigenvalue weighted by Gasteiger charge is 2.39. The van der Waals surface area contributed by atoms with Crippen molar-refractivity contribution in [3.63, 3.8) is 0 Å². The summed E-state index contributed by atoms with van der Waals surface area (Å²) in [6.07, 6.45) is 5.42. The number of alkyl halides is 3. The molecule has 1 aromatic rings. The van der Waals surface area contributed by atoms with E-state index in [-0.39, 0.29) is 38.1 Å². The van der Waals surface area contributed by atoms with Crippen LogP contribution in [0.5, 0.6) is 0 Å². The maximum Gasteiger partial charge on any atom is 0.416 e. The minimum atomic E-state index is -4.98. The zero-order chi connectivity index (χ0) is 19.2. The van der Waals surface area contributed by atoms with E-state index in [4.69, 9.17) is 12.8 Å². The first-order chi connectivity index (χ1) is 11.6. The summed E-state index contributed by atoms with van der Waals surface area (Å²) in [6.45, 7) is -0.0730. The van der Waals surface area contributed by atoms with Crippen molar-refractivity contribution in [3.05, 3.63) is 37.9 Å². The molecular formula is C15H12F3N3O4. The van der Waals surface area contributed by atoms with Gasteiger partial charge in [-0.25, -0.2) is 0 Å². The molecule has 0 heterocycles. The van der Waals surface area contributed by atoms with Crippen LogP contribution in [-0.4, -0.2) is 22.9 Å². The van der Waals surface area contributed by atoms with Gasteiger partial charge in [0.25, 0.3) is 11.4 Å². The largest absolute Gasteiger partial charge is 0.416 e. The van der Waals surface area contributed by atoms with Crippen LogP contribution in [0, 0.1) is 44.9 Å². The summed E-state index contributed by atoms with van der Waals surface area (Å²) in [6, 6.07) is 0.530. The molecule has 0 unspecified atom stereocenters. The van der Waals surface area contributed by atoms with Gasteiger partial charge in [0.1, 0.15) is 0 Å². The minimum absolute atomic E-state index is 0.0365. The Bertz CT molecular complexity index is 710. The fourth-order valence-electron chi connectivity index (χ4n) is 2.10. The molecule has 0 aliphatic rings. The lowest BCUT2D eigenvalue weighted by Gasteiger charge is -2.23. The van der Waals surface area contributed by atoms with Crippen LogP contribution < -0.4 is 4.90 Å². The average Bonchev–Trinajstić information content (AvgIpc) is 2.53. The van der Waals surface area contributed by atoms with Gasteiger partial charge in [-0.05, 0) is 0 Å². The van der Waals surface area contributed by atoms with Gasteiger partial charge in [0.2, 0.25) is 0 Å². The molecule has 0 aliphatic heterocycles. The molecule has 132 valence electrons. The number of nitrogens with zero attached hydrogens (tertiary/aromatic N) is 3. The number of rotatable bonds is 7. The van der Waals surface area contributed by atoms with Crippen molar-refractivity contribution in [3.8, 4) is 24.7 Å². The predicted octanol–water partition coefficient (Wildman–Crippen LogP) is 3.37. The number of anilines is 1. The third kappa shape index (κ3) is 4.85. The SMILES string of the molecule is C#CCCN(CCC#C)c1c([N+](=O)[O-])cc(C(F)(F)F)cc1[N+](=O)[O-]. The van der Waals surface area contributed by atoms with Crippen molar-refractivity contribution >= 4 is 17.1 Å². The summed E-state index contributed by atoms with van der Waals surface area (Å²) in [5, 5.41) is 22.5. The smallest absolute Gasteiger partial charge is 0.358 e. The molecule has 0 spiro atoms. The maximum atomic E-state index is 12.9. The lowest BCUT2D eigenvalue weighted by atomic mass is 10.1. The molecule has 0 N–H and O–H groups in total. The fourth-order valence-corrected chi connectivity index (χ4v) is 2.10. The predicted molar refractivity (Wildman–Crippen MR) is 83.9 cm³/mol. The number of terminal acetylenes is 2. The van der Waals surface area contributed by atoms with Crippen LogP contribution >= 0.6 is 0 Å². The van der Waals surface area contributed by atoms with E-state index in [0.29, 0.717) is 0 Å². The highest BCUT2D eigenvalue weighted by Crippen LogP contribution is 2.43. The van der Waals surface area contributed by atoms with Crippen molar-refractivity contribution in [1.82, 2.24) is 0 Å². The zero-order valence-corrected chi connectivity index (χ0v) is 12.7. The van der Waals surface area contributed by atoms with Crippen molar-refractivity contribution in [2.45, 2.75) is 19.0 Å². The molecule has 0 saturated carbocycles. The lowest BCUT2D eigenvalue weighted by Crippen LogP contribution is -2.27. The van der Waals surface area contributed by atoms with E-state index in [1.807, 2.05) is 0 Å². The van der Waals surface area contributed by atoms with Gasteiger partial charge in [0, 0.05) is 38.1 Å². The molecule has 0 radical (unpaired) electrons. The van der Waals surface area contributed by atoms with Gasteiger partial charge in [-0.3, -0.25) is 20.2 Å². The van der Waals surface area contributed by atoms with Gasteiger partial charge in [-0.15, -0.1) is 24.7 Å². The van der Waals surface area contributed by atoms with E-state index in [1.54, 1.807) is 0 Å². The molecule has 0 amide bonds. The van der Waals surface area contributed by atoms with E-state index in [9.17, 15) is 33.4 Å². The van der Waals surface area contributed by atoms with E-state index < -0.39 is 38.6 Å². The summed E-state index contributed by atoms with van der Waals surface area (Å²) in [5.41, 5.74) is -4.09. The Balaban J connectivity index is 3.68. The summed E-state index contributed by atoms with van der Waals surface area (Å²) in [4.78, 5) is 21.4. The van der Waals surface area contributed by atoms with Crippen LogP contribution in [0.3, 0.4) is 0 Å². The Morgan fingerprint density at radius 2 is 1.40 bits per heavy atom. The topological polar surface area (TPSA) is 89.5 Å². The van der Waals surface area contributed by atoms with Gasteiger partial charge in [0.15, 0.2) is 5.69 Å². The summed E-state index contributed by atoms with van der Waals surface area (Å²) < 4.78 is 38.7. The first-order valence-electron chi connectivity index (χ1n) is 6.79. The quantitative estimate of drug-likeness (QED) is 0.425. The van der Waals surface area contributed by atoms with Crippen molar-refractivity contribution in [2.24, 2.45) is 0 Å². The molecule has 7 nitrogen and oxygen atoms in total. The third-order valence-electron chi connectivity index (χ3n) is 3.16. The third-order valence-corrected chi connectivity index (χ3v) is 3.16. The van der Waals surface area contributed by atoms with Crippen LogP contribution in [0.1, 0.15) is 18.4 Å². The standard InChI is InChI=1S/C15H12F3N3O4/c1-3-5-7-19(8-6-4-2)14-12(20(22)23)9-11(15(16,17)18)10-13(14)21(24)25/h1-2,9-10H,5-8H2. The van der Waals surface area contributed by atoms with Crippen LogP contribution in [0.15, 0.2) is 12.1 Å². The molecule has 1 rings (SSSR count). The van der Waals surface area contributed by atoms with Crippen molar-refractivity contribution < 1.29 is 23.0 Å².